The summed E-state index contributed by atoms with van der Waals surface area (Å²) in [6, 6.07) is 6.90. The summed E-state index contributed by atoms with van der Waals surface area (Å²) in [6.45, 7) is 2.97. The second-order valence-electron chi connectivity index (χ2n) is 6.50. The summed E-state index contributed by atoms with van der Waals surface area (Å²) in [5.41, 5.74) is 0.134. The van der Waals surface area contributed by atoms with E-state index in [1.807, 2.05) is 0 Å². The molecule has 128 valence electrons. The number of amides is 1. The highest BCUT2D eigenvalue weighted by molar-refractivity contribution is 5.88. The third-order valence-corrected chi connectivity index (χ3v) is 4.75. The first-order chi connectivity index (χ1) is 11.3. The minimum atomic E-state index is -2.76. The lowest BCUT2D eigenvalue weighted by atomic mass is 9.87. The molecule has 1 fully saturated rings. The number of fused-ring (bicyclic) bond motifs is 1. The Kier molecular flexibility index (Phi) is 4.11. The molecule has 2 aromatic rings. The summed E-state index contributed by atoms with van der Waals surface area (Å²) >= 11 is 0. The molecule has 1 aromatic heterocycles. The normalized spacial score (nSPS) is 23.4. The van der Waals surface area contributed by atoms with E-state index in [9.17, 15) is 18.4 Å². The average Bonchev–Trinajstić information content (AvgIpc) is 2.55. The van der Waals surface area contributed by atoms with Crippen molar-refractivity contribution in [3.05, 3.63) is 40.3 Å². The van der Waals surface area contributed by atoms with Gasteiger partial charge in [-0.2, -0.15) is 5.10 Å². The number of rotatable bonds is 2. The maximum absolute atomic E-state index is 13.9. The van der Waals surface area contributed by atoms with E-state index in [1.165, 1.54) is 18.7 Å². The van der Waals surface area contributed by atoms with Crippen LogP contribution in [0.1, 0.15) is 19.5 Å². The Balaban J connectivity index is 1.84. The molecule has 0 bridgehead atoms. The Morgan fingerprint density at radius 1 is 1.25 bits per heavy atom. The highest BCUT2D eigenvalue weighted by atomic mass is 19.3. The number of aromatic nitrogens is 2. The first kappa shape index (κ1) is 16.5. The molecule has 2 heterocycles. The van der Waals surface area contributed by atoms with Gasteiger partial charge in [-0.25, -0.2) is 13.9 Å². The van der Waals surface area contributed by atoms with Gasteiger partial charge in [-0.15, -0.1) is 0 Å². The van der Waals surface area contributed by atoms with Gasteiger partial charge in [-0.05, 0) is 6.07 Å². The molecule has 5 nitrogen and oxygen atoms in total. The number of nitrogens with zero attached hydrogens (tertiary/aromatic N) is 2. The van der Waals surface area contributed by atoms with E-state index in [2.05, 4.69) is 10.2 Å². The number of piperidine rings is 1. The summed E-state index contributed by atoms with van der Waals surface area (Å²) in [5.74, 6) is -4.79. The van der Waals surface area contributed by atoms with Crippen LogP contribution in [-0.2, 0) is 11.2 Å². The molecule has 2 atom stereocenters. The van der Waals surface area contributed by atoms with Crippen LogP contribution in [0.25, 0.3) is 10.8 Å². The van der Waals surface area contributed by atoms with E-state index in [-0.39, 0.29) is 31.0 Å². The fourth-order valence-corrected chi connectivity index (χ4v) is 3.23. The van der Waals surface area contributed by atoms with Crippen LogP contribution >= 0.6 is 0 Å². The molecule has 24 heavy (non-hydrogen) atoms. The van der Waals surface area contributed by atoms with Crippen LogP contribution in [0.15, 0.2) is 29.1 Å². The minimum absolute atomic E-state index is 0.0253. The average molecular weight is 335 g/mol. The van der Waals surface area contributed by atoms with Gasteiger partial charge in [0.2, 0.25) is 5.91 Å². The lowest BCUT2D eigenvalue weighted by Crippen LogP contribution is -2.53. The number of carbonyl (C=O) groups is 1. The molecule has 0 unspecified atom stereocenters. The molecule has 0 aliphatic carbocycles. The van der Waals surface area contributed by atoms with Crippen LogP contribution in [0.5, 0.6) is 0 Å². The van der Waals surface area contributed by atoms with Gasteiger partial charge >= 0.3 is 0 Å². The number of hydrogen-bond acceptors (Lipinski definition) is 3. The highest BCUT2D eigenvalue weighted by Gasteiger charge is 2.47. The smallest absolute Gasteiger partial charge is 0.272 e. The predicted octanol–water partition coefficient (Wildman–Crippen LogP) is 2.22. The lowest BCUT2D eigenvalue weighted by molar-refractivity contribution is -0.157. The summed E-state index contributed by atoms with van der Waals surface area (Å²) in [7, 11) is 0. The van der Waals surface area contributed by atoms with Crippen molar-refractivity contribution in [3.63, 3.8) is 0 Å². The summed E-state index contributed by atoms with van der Waals surface area (Å²) in [6.07, 6.45) is -0.0255. The standard InChI is InChI=1S/C17H19F2N3O2/c1-10-8-22(9-11(2)17(10,18)19)15(23)7-14-12-5-3-4-6-13(12)16(24)21-20-14/h3-6,10-11H,7-9H2,1-2H3,(H,21,24)/t10-,11+. The first-order valence-electron chi connectivity index (χ1n) is 7.92. The van der Waals surface area contributed by atoms with Gasteiger partial charge in [0.1, 0.15) is 0 Å². The third-order valence-electron chi connectivity index (χ3n) is 4.75. The van der Waals surface area contributed by atoms with Crippen molar-refractivity contribution in [1.82, 2.24) is 15.1 Å². The molecule has 1 aliphatic heterocycles. The number of likely N-dealkylation sites (tertiary alicyclic amines) is 1. The van der Waals surface area contributed by atoms with Crippen LogP contribution in [-0.4, -0.2) is 40.0 Å². The SMILES string of the molecule is C[C@@H]1CN(C(=O)Cc2n[nH]c(=O)c3ccccc23)C[C@H](C)C1(F)F. The second kappa shape index (κ2) is 5.96. The van der Waals surface area contributed by atoms with Crippen LogP contribution < -0.4 is 5.56 Å². The molecule has 1 N–H and O–H groups in total. The summed E-state index contributed by atoms with van der Waals surface area (Å²) in [4.78, 5) is 25.8. The summed E-state index contributed by atoms with van der Waals surface area (Å²) < 4.78 is 27.8. The van der Waals surface area contributed by atoms with E-state index >= 15 is 0 Å². The summed E-state index contributed by atoms with van der Waals surface area (Å²) in [5, 5.41) is 7.43. The van der Waals surface area contributed by atoms with Crippen molar-refractivity contribution < 1.29 is 13.6 Å². The van der Waals surface area contributed by atoms with E-state index in [1.54, 1.807) is 24.3 Å². The largest absolute Gasteiger partial charge is 0.341 e. The Morgan fingerprint density at radius 2 is 1.83 bits per heavy atom. The number of aromatic amines is 1. The van der Waals surface area contributed by atoms with E-state index < -0.39 is 17.8 Å². The van der Waals surface area contributed by atoms with Gasteiger partial charge in [0.25, 0.3) is 11.5 Å². The van der Waals surface area contributed by atoms with E-state index in [4.69, 9.17) is 0 Å². The number of hydrogen-bond donors (Lipinski definition) is 1. The topological polar surface area (TPSA) is 66.1 Å². The lowest BCUT2D eigenvalue weighted by Gasteiger charge is -2.41. The van der Waals surface area contributed by atoms with Gasteiger partial charge < -0.3 is 4.90 Å². The molecule has 1 saturated heterocycles. The van der Waals surface area contributed by atoms with Gasteiger partial charge in [-0.1, -0.05) is 32.0 Å². The van der Waals surface area contributed by atoms with Crippen LogP contribution in [0.2, 0.25) is 0 Å². The number of H-pyrrole nitrogens is 1. The molecule has 1 amide bonds. The van der Waals surface area contributed by atoms with Crippen molar-refractivity contribution >= 4 is 16.7 Å². The Hall–Kier alpha value is -2.31. The molecule has 0 saturated carbocycles. The predicted molar refractivity (Wildman–Crippen MR) is 85.9 cm³/mol. The molecule has 0 spiro atoms. The monoisotopic (exact) mass is 335 g/mol. The zero-order valence-electron chi connectivity index (χ0n) is 13.6. The number of alkyl halides is 2. The number of nitrogens with one attached hydrogen (secondary N) is 1. The maximum Gasteiger partial charge on any atom is 0.272 e. The third kappa shape index (κ3) is 2.79. The number of halogens is 2. The minimum Gasteiger partial charge on any atom is -0.341 e. The van der Waals surface area contributed by atoms with Crippen molar-refractivity contribution in [2.75, 3.05) is 13.1 Å². The quantitative estimate of drug-likeness (QED) is 0.915. The van der Waals surface area contributed by atoms with Gasteiger partial charge in [-0.3, -0.25) is 9.59 Å². The second-order valence-corrected chi connectivity index (χ2v) is 6.50. The maximum atomic E-state index is 13.9. The van der Waals surface area contributed by atoms with Crippen LogP contribution in [0.3, 0.4) is 0 Å². The molecule has 7 heteroatoms. The Bertz CT molecular complexity index is 820. The Labute approximate surface area is 137 Å². The van der Waals surface area contributed by atoms with Crippen molar-refractivity contribution in [3.8, 4) is 0 Å². The van der Waals surface area contributed by atoms with Crippen molar-refractivity contribution in [2.24, 2.45) is 11.8 Å². The molecular weight excluding hydrogens is 316 g/mol. The van der Waals surface area contributed by atoms with Gasteiger partial charge in [0, 0.05) is 30.3 Å². The zero-order chi connectivity index (χ0) is 17.5. The zero-order valence-corrected chi connectivity index (χ0v) is 13.6. The van der Waals surface area contributed by atoms with E-state index in [0.29, 0.717) is 16.5 Å². The van der Waals surface area contributed by atoms with Crippen LogP contribution in [0, 0.1) is 11.8 Å². The van der Waals surface area contributed by atoms with Crippen molar-refractivity contribution in [1.29, 1.82) is 0 Å². The number of carbonyl (C=O) groups excluding carboxylic acids is 1. The van der Waals surface area contributed by atoms with Gasteiger partial charge in [0.05, 0.1) is 17.5 Å². The molecular formula is C17H19F2N3O2. The molecule has 3 rings (SSSR count). The fraction of sp³-hybridized carbons (Fsp3) is 0.471. The fourth-order valence-electron chi connectivity index (χ4n) is 3.23. The van der Waals surface area contributed by atoms with Crippen molar-refractivity contribution in [2.45, 2.75) is 26.2 Å². The van der Waals surface area contributed by atoms with Gasteiger partial charge in [0.15, 0.2) is 0 Å². The van der Waals surface area contributed by atoms with E-state index in [0.717, 1.165) is 0 Å². The number of benzene rings is 1. The van der Waals surface area contributed by atoms with Crippen LogP contribution in [0.4, 0.5) is 8.78 Å². The Morgan fingerprint density at radius 3 is 2.46 bits per heavy atom. The molecule has 1 aliphatic rings. The molecule has 0 radical (unpaired) electrons. The first-order valence-corrected chi connectivity index (χ1v) is 7.92. The highest BCUT2D eigenvalue weighted by Crippen LogP contribution is 2.37. The molecule has 1 aromatic carbocycles.